The molecule has 3 aromatic rings. The zero-order valence-corrected chi connectivity index (χ0v) is 16.0. The highest BCUT2D eigenvalue weighted by Crippen LogP contribution is 2.34. The Labute approximate surface area is 168 Å². The zero-order chi connectivity index (χ0) is 20.4. The van der Waals surface area contributed by atoms with Gasteiger partial charge in [-0.3, -0.25) is 9.59 Å². The maximum atomic E-state index is 13.6. The number of carbonyl (C=O) groups excluding carboxylic acids is 2. The molecule has 29 heavy (non-hydrogen) atoms. The summed E-state index contributed by atoms with van der Waals surface area (Å²) >= 11 is 0. The van der Waals surface area contributed by atoms with Crippen LogP contribution in [0.25, 0.3) is 0 Å². The summed E-state index contributed by atoms with van der Waals surface area (Å²) in [5, 5.41) is 5.75. The van der Waals surface area contributed by atoms with E-state index in [1.54, 1.807) is 6.07 Å². The predicted octanol–water partition coefficient (Wildman–Crippen LogP) is 4.47. The molecule has 0 aliphatic carbocycles. The molecule has 1 aliphatic heterocycles. The Morgan fingerprint density at radius 1 is 1.03 bits per heavy atom. The molecule has 5 heteroatoms. The first-order valence-corrected chi connectivity index (χ1v) is 9.52. The molecular formula is C24H21FN2O2. The summed E-state index contributed by atoms with van der Waals surface area (Å²) in [6.07, 6.45) is 0.0277. The van der Waals surface area contributed by atoms with Crippen LogP contribution in [0.1, 0.15) is 40.6 Å². The third kappa shape index (κ3) is 4.04. The average Bonchev–Trinajstić information content (AvgIpc) is 2.72. The highest BCUT2D eigenvalue weighted by atomic mass is 19.1. The molecule has 0 bridgehead atoms. The number of fused-ring (bicyclic) bond motifs is 1. The Morgan fingerprint density at radius 3 is 2.45 bits per heavy atom. The second kappa shape index (κ2) is 7.87. The van der Waals surface area contributed by atoms with Crippen LogP contribution in [0.4, 0.5) is 10.1 Å². The molecule has 0 aromatic heterocycles. The fourth-order valence-corrected chi connectivity index (χ4v) is 3.68. The van der Waals surface area contributed by atoms with E-state index in [-0.39, 0.29) is 24.3 Å². The SMILES string of the molecule is Cc1ccc([C@@H](NC(=O)[C@@H]2CC(=O)Nc3cc(F)ccc32)c2ccccc2)cc1. The topological polar surface area (TPSA) is 58.2 Å². The van der Waals surface area contributed by atoms with Crippen LogP contribution >= 0.6 is 0 Å². The second-order valence-electron chi connectivity index (χ2n) is 7.30. The molecule has 0 spiro atoms. The number of anilines is 1. The van der Waals surface area contributed by atoms with Gasteiger partial charge in [0.1, 0.15) is 5.82 Å². The number of carbonyl (C=O) groups is 2. The van der Waals surface area contributed by atoms with Gasteiger partial charge in [-0.05, 0) is 35.7 Å². The molecule has 3 aromatic carbocycles. The lowest BCUT2D eigenvalue weighted by Crippen LogP contribution is -2.37. The Bertz CT molecular complexity index is 1050. The van der Waals surface area contributed by atoms with Gasteiger partial charge in [0.2, 0.25) is 11.8 Å². The van der Waals surface area contributed by atoms with Crippen molar-refractivity contribution in [3.63, 3.8) is 0 Å². The summed E-state index contributed by atoms with van der Waals surface area (Å²) < 4.78 is 13.6. The van der Waals surface area contributed by atoms with Crippen LogP contribution in [-0.2, 0) is 9.59 Å². The third-order valence-corrected chi connectivity index (χ3v) is 5.20. The van der Waals surface area contributed by atoms with Crippen LogP contribution in [0.3, 0.4) is 0 Å². The highest BCUT2D eigenvalue weighted by Gasteiger charge is 2.32. The van der Waals surface area contributed by atoms with Crippen molar-refractivity contribution in [2.45, 2.75) is 25.3 Å². The zero-order valence-electron chi connectivity index (χ0n) is 16.0. The minimum absolute atomic E-state index is 0.0277. The number of halogens is 1. The van der Waals surface area contributed by atoms with E-state index in [2.05, 4.69) is 10.6 Å². The number of benzene rings is 3. The van der Waals surface area contributed by atoms with Gasteiger partial charge in [-0.15, -0.1) is 0 Å². The summed E-state index contributed by atoms with van der Waals surface area (Å²) in [6, 6.07) is 21.5. The van der Waals surface area contributed by atoms with Gasteiger partial charge in [-0.25, -0.2) is 4.39 Å². The van der Waals surface area contributed by atoms with E-state index in [4.69, 9.17) is 0 Å². The lowest BCUT2D eigenvalue weighted by molar-refractivity contribution is -0.126. The molecule has 1 aliphatic rings. The van der Waals surface area contributed by atoms with Gasteiger partial charge in [0.25, 0.3) is 0 Å². The van der Waals surface area contributed by atoms with Gasteiger partial charge >= 0.3 is 0 Å². The quantitative estimate of drug-likeness (QED) is 0.693. The molecule has 2 amide bonds. The predicted molar refractivity (Wildman–Crippen MR) is 110 cm³/mol. The molecule has 1 heterocycles. The molecule has 0 radical (unpaired) electrons. The molecule has 0 saturated carbocycles. The number of hydrogen-bond donors (Lipinski definition) is 2. The minimum Gasteiger partial charge on any atom is -0.345 e. The largest absolute Gasteiger partial charge is 0.345 e. The summed E-state index contributed by atoms with van der Waals surface area (Å²) in [4.78, 5) is 25.3. The number of amides is 2. The van der Waals surface area contributed by atoms with Crippen LogP contribution in [0.15, 0.2) is 72.8 Å². The number of rotatable bonds is 4. The van der Waals surface area contributed by atoms with Crippen molar-refractivity contribution >= 4 is 17.5 Å². The van der Waals surface area contributed by atoms with Crippen molar-refractivity contribution in [1.82, 2.24) is 5.32 Å². The molecule has 2 N–H and O–H groups in total. The van der Waals surface area contributed by atoms with Crippen molar-refractivity contribution in [1.29, 1.82) is 0 Å². The van der Waals surface area contributed by atoms with Gasteiger partial charge in [-0.2, -0.15) is 0 Å². The Hall–Kier alpha value is -3.47. The summed E-state index contributed by atoms with van der Waals surface area (Å²) in [5.41, 5.74) is 4.01. The fourth-order valence-electron chi connectivity index (χ4n) is 3.68. The third-order valence-electron chi connectivity index (χ3n) is 5.20. The van der Waals surface area contributed by atoms with E-state index in [9.17, 15) is 14.0 Å². The Morgan fingerprint density at radius 2 is 1.72 bits per heavy atom. The van der Waals surface area contributed by atoms with Crippen LogP contribution in [-0.4, -0.2) is 11.8 Å². The minimum atomic E-state index is -0.670. The van der Waals surface area contributed by atoms with Crippen molar-refractivity contribution < 1.29 is 14.0 Å². The van der Waals surface area contributed by atoms with Crippen molar-refractivity contribution in [2.24, 2.45) is 0 Å². The van der Waals surface area contributed by atoms with Crippen LogP contribution in [0.5, 0.6) is 0 Å². The van der Waals surface area contributed by atoms with Crippen LogP contribution in [0.2, 0.25) is 0 Å². The highest BCUT2D eigenvalue weighted by molar-refractivity contribution is 6.01. The van der Waals surface area contributed by atoms with E-state index in [0.29, 0.717) is 11.3 Å². The average molecular weight is 388 g/mol. The molecule has 0 saturated heterocycles. The fraction of sp³-hybridized carbons (Fsp3) is 0.167. The molecular weight excluding hydrogens is 367 g/mol. The Kier molecular flexibility index (Phi) is 5.12. The van der Waals surface area contributed by atoms with Crippen LogP contribution < -0.4 is 10.6 Å². The smallest absolute Gasteiger partial charge is 0.228 e. The van der Waals surface area contributed by atoms with Gasteiger partial charge < -0.3 is 10.6 Å². The summed E-state index contributed by atoms with van der Waals surface area (Å²) in [7, 11) is 0. The van der Waals surface area contributed by atoms with Crippen molar-refractivity contribution in [3.05, 3.63) is 101 Å². The van der Waals surface area contributed by atoms with Gasteiger partial charge in [0.05, 0.1) is 12.0 Å². The molecule has 146 valence electrons. The van der Waals surface area contributed by atoms with Crippen molar-refractivity contribution in [3.8, 4) is 0 Å². The van der Waals surface area contributed by atoms with E-state index < -0.39 is 11.7 Å². The molecule has 4 rings (SSSR count). The number of aryl methyl sites for hydroxylation is 1. The van der Waals surface area contributed by atoms with E-state index in [1.165, 1.54) is 12.1 Å². The normalized spacial score (nSPS) is 16.5. The molecule has 4 nitrogen and oxygen atoms in total. The summed E-state index contributed by atoms with van der Waals surface area (Å²) in [6.45, 7) is 2.01. The standard InChI is InChI=1S/C24H21FN2O2/c1-15-7-9-17(10-8-15)23(16-5-3-2-4-6-16)27-24(29)20-14-22(28)26-21-13-18(25)11-12-19(20)21/h2-13,20,23H,14H2,1H3,(H,26,28)(H,27,29)/t20-,23+/m1/s1. The lowest BCUT2D eigenvalue weighted by Gasteiger charge is -2.27. The monoisotopic (exact) mass is 388 g/mol. The van der Waals surface area contributed by atoms with Crippen molar-refractivity contribution in [2.75, 3.05) is 5.32 Å². The van der Waals surface area contributed by atoms with Gasteiger partial charge in [0.15, 0.2) is 0 Å². The maximum absolute atomic E-state index is 13.6. The second-order valence-corrected chi connectivity index (χ2v) is 7.30. The molecule has 0 unspecified atom stereocenters. The van der Waals surface area contributed by atoms with E-state index in [1.807, 2.05) is 61.5 Å². The van der Waals surface area contributed by atoms with Crippen LogP contribution in [0, 0.1) is 12.7 Å². The van der Waals surface area contributed by atoms with Gasteiger partial charge in [-0.1, -0.05) is 66.2 Å². The first kappa shape index (κ1) is 18.9. The lowest BCUT2D eigenvalue weighted by atomic mass is 9.88. The molecule has 0 fully saturated rings. The number of nitrogens with one attached hydrogen (secondary N) is 2. The first-order valence-electron chi connectivity index (χ1n) is 9.52. The summed E-state index contributed by atoms with van der Waals surface area (Å²) in [5.74, 6) is -1.68. The number of hydrogen-bond acceptors (Lipinski definition) is 2. The van der Waals surface area contributed by atoms with Gasteiger partial charge in [0, 0.05) is 12.1 Å². The maximum Gasteiger partial charge on any atom is 0.228 e. The van der Waals surface area contributed by atoms with E-state index >= 15 is 0 Å². The van der Waals surface area contributed by atoms with E-state index in [0.717, 1.165) is 16.7 Å². The first-order chi connectivity index (χ1) is 14.0. The molecule has 2 atom stereocenters. The Balaban J connectivity index is 1.67.